The van der Waals surface area contributed by atoms with E-state index in [2.05, 4.69) is 11.9 Å². The molecule has 0 saturated heterocycles. The van der Waals surface area contributed by atoms with E-state index in [-0.39, 0.29) is 31.7 Å². The van der Waals surface area contributed by atoms with Crippen molar-refractivity contribution in [1.82, 2.24) is 0 Å². The number of Topliss-reactive ketones (excluding diaryl/α,β-unsaturated/α-hetero) is 1. The second-order valence-electron chi connectivity index (χ2n) is 4.23. The van der Waals surface area contributed by atoms with Gasteiger partial charge in [0, 0.05) is 18.4 Å². The number of para-hydroxylation sites is 1. The molecule has 0 atom stereocenters. The molecule has 0 radical (unpaired) electrons. The summed E-state index contributed by atoms with van der Waals surface area (Å²) >= 11 is 0. The zero-order chi connectivity index (χ0) is 15.7. The molecule has 0 aliphatic heterocycles. The Bertz CT molecular complexity index is 539. The molecule has 1 aromatic carbocycles. The number of carboxylic acids is 1. The lowest BCUT2D eigenvalue weighted by atomic mass is 10.0. The average molecular weight is 291 g/mol. The lowest BCUT2D eigenvalue weighted by Gasteiger charge is -2.10. The fourth-order valence-electron chi connectivity index (χ4n) is 1.65. The van der Waals surface area contributed by atoms with Gasteiger partial charge in [0.2, 0.25) is 0 Å². The number of nitrogens with one attached hydrogen (secondary N) is 1. The molecule has 2 N–H and O–H groups in total. The summed E-state index contributed by atoms with van der Waals surface area (Å²) in [4.78, 5) is 34.0. The Morgan fingerprint density at radius 3 is 2.62 bits per heavy atom. The van der Waals surface area contributed by atoms with Gasteiger partial charge in [-0.25, -0.2) is 4.79 Å². The average Bonchev–Trinajstić information content (AvgIpc) is 2.45. The summed E-state index contributed by atoms with van der Waals surface area (Å²) in [7, 11) is 0. The second kappa shape index (κ2) is 8.52. The third-order valence-corrected chi connectivity index (χ3v) is 2.59. The highest BCUT2D eigenvalue weighted by molar-refractivity contribution is 6.03. The summed E-state index contributed by atoms with van der Waals surface area (Å²) in [6.07, 6.45) is 1.04. The van der Waals surface area contributed by atoms with Crippen molar-refractivity contribution < 1.29 is 24.2 Å². The van der Waals surface area contributed by atoms with E-state index in [9.17, 15) is 14.4 Å². The molecule has 6 nitrogen and oxygen atoms in total. The zero-order valence-electron chi connectivity index (χ0n) is 11.5. The Hall–Kier alpha value is -2.63. The summed E-state index contributed by atoms with van der Waals surface area (Å²) in [5.41, 5.74) is 0.672. The van der Waals surface area contributed by atoms with Gasteiger partial charge in [0.25, 0.3) is 0 Å². The van der Waals surface area contributed by atoms with Gasteiger partial charge in [0.1, 0.15) is 6.61 Å². The number of carboxylic acid groups (broad SMARTS) is 1. The fourth-order valence-corrected chi connectivity index (χ4v) is 1.65. The molecule has 0 spiro atoms. The normalized spacial score (nSPS) is 9.71. The van der Waals surface area contributed by atoms with E-state index in [0.29, 0.717) is 11.3 Å². The number of amides is 1. The van der Waals surface area contributed by atoms with Gasteiger partial charge in [0.15, 0.2) is 5.78 Å². The van der Waals surface area contributed by atoms with E-state index in [1.807, 2.05) is 0 Å². The smallest absolute Gasteiger partial charge is 0.411 e. The molecule has 1 rings (SSSR count). The van der Waals surface area contributed by atoms with Crippen molar-refractivity contribution in [3.8, 4) is 0 Å². The molecule has 0 aliphatic rings. The van der Waals surface area contributed by atoms with Crippen LogP contribution in [0, 0.1) is 0 Å². The van der Waals surface area contributed by atoms with Crippen LogP contribution < -0.4 is 5.32 Å². The minimum absolute atomic E-state index is 0.0668. The van der Waals surface area contributed by atoms with Crippen molar-refractivity contribution in [3.63, 3.8) is 0 Å². The van der Waals surface area contributed by atoms with E-state index in [1.165, 1.54) is 6.08 Å². The monoisotopic (exact) mass is 291 g/mol. The Morgan fingerprint density at radius 2 is 1.95 bits per heavy atom. The number of benzene rings is 1. The molecule has 0 aliphatic carbocycles. The molecule has 0 aromatic heterocycles. The van der Waals surface area contributed by atoms with Gasteiger partial charge in [0.05, 0.1) is 5.69 Å². The maximum absolute atomic E-state index is 12.0. The summed E-state index contributed by atoms with van der Waals surface area (Å²) in [5, 5.41) is 11.0. The van der Waals surface area contributed by atoms with Crippen LogP contribution in [0.25, 0.3) is 0 Å². The number of rotatable bonds is 8. The van der Waals surface area contributed by atoms with Gasteiger partial charge in [-0.1, -0.05) is 24.8 Å². The third-order valence-electron chi connectivity index (χ3n) is 2.59. The minimum atomic E-state index is -0.942. The molecule has 21 heavy (non-hydrogen) atoms. The van der Waals surface area contributed by atoms with Crippen molar-refractivity contribution in [2.24, 2.45) is 0 Å². The fraction of sp³-hybridized carbons (Fsp3) is 0.267. The zero-order valence-corrected chi connectivity index (χ0v) is 11.5. The molecule has 1 amide bonds. The highest BCUT2D eigenvalue weighted by atomic mass is 16.5. The summed E-state index contributed by atoms with van der Waals surface area (Å²) < 4.78 is 4.79. The van der Waals surface area contributed by atoms with Crippen LogP contribution in [0.5, 0.6) is 0 Å². The number of aliphatic carboxylic acids is 1. The Kier molecular flexibility index (Phi) is 6.67. The molecule has 1 aromatic rings. The number of ether oxygens (including phenoxy) is 1. The minimum Gasteiger partial charge on any atom is -0.481 e. The summed E-state index contributed by atoms with van der Waals surface area (Å²) in [6.45, 7) is 3.50. The number of carbonyl (C=O) groups is 3. The highest BCUT2D eigenvalue weighted by Gasteiger charge is 2.13. The third kappa shape index (κ3) is 5.90. The van der Waals surface area contributed by atoms with Crippen LogP contribution in [0.1, 0.15) is 29.6 Å². The van der Waals surface area contributed by atoms with Gasteiger partial charge >= 0.3 is 12.1 Å². The van der Waals surface area contributed by atoms with Crippen LogP contribution in [-0.4, -0.2) is 29.6 Å². The van der Waals surface area contributed by atoms with Crippen molar-refractivity contribution in [1.29, 1.82) is 0 Å². The highest BCUT2D eigenvalue weighted by Crippen LogP contribution is 2.18. The lowest BCUT2D eigenvalue weighted by molar-refractivity contribution is -0.137. The first-order valence-corrected chi connectivity index (χ1v) is 6.43. The molecule has 0 bridgehead atoms. The van der Waals surface area contributed by atoms with Crippen LogP contribution in [0.15, 0.2) is 36.9 Å². The Balaban J connectivity index is 2.69. The number of carbonyl (C=O) groups excluding carboxylic acids is 2. The van der Waals surface area contributed by atoms with Crippen LogP contribution in [0.4, 0.5) is 10.5 Å². The van der Waals surface area contributed by atoms with E-state index in [1.54, 1.807) is 24.3 Å². The maximum Gasteiger partial charge on any atom is 0.411 e. The first kappa shape index (κ1) is 16.4. The van der Waals surface area contributed by atoms with Gasteiger partial charge in [-0.15, -0.1) is 0 Å². The topological polar surface area (TPSA) is 92.7 Å². The van der Waals surface area contributed by atoms with Crippen molar-refractivity contribution in [2.45, 2.75) is 19.3 Å². The van der Waals surface area contributed by atoms with Gasteiger partial charge in [-0.05, 0) is 18.6 Å². The van der Waals surface area contributed by atoms with Gasteiger partial charge in [-0.2, -0.15) is 0 Å². The summed E-state index contributed by atoms with van der Waals surface area (Å²) in [5.74, 6) is -1.17. The maximum atomic E-state index is 12.0. The first-order valence-electron chi connectivity index (χ1n) is 6.43. The number of anilines is 1. The molecular formula is C15H17NO5. The van der Waals surface area contributed by atoms with E-state index < -0.39 is 12.1 Å². The first-order chi connectivity index (χ1) is 10.0. The van der Waals surface area contributed by atoms with E-state index >= 15 is 0 Å². The quantitative estimate of drug-likeness (QED) is 0.567. The summed E-state index contributed by atoms with van der Waals surface area (Å²) in [6, 6.07) is 6.51. The molecule has 0 heterocycles. The van der Waals surface area contributed by atoms with E-state index in [4.69, 9.17) is 9.84 Å². The predicted molar refractivity (Wildman–Crippen MR) is 77.4 cm³/mol. The molecule has 6 heteroatoms. The van der Waals surface area contributed by atoms with Crippen molar-refractivity contribution in [3.05, 3.63) is 42.5 Å². The Labute approximate surface area is 122 Å². The largest absolute Gasteiger partial charge is 0.481 e. The molecule has 112 valence electrons. The predicted octanol–water partition coefficient (Wildman–Crippen LogP) is 2.86. The molecular weight excluding hydrogens is 274 g/mol. The van der Waals surface area contributed by atoms with Crippen LogP contribution in [0.3, 0.4) is 0 Å². The number of hydrogen-bond donors (Lipinski definition) is 2. The number of ketones is 1. The Morgan fingerprint density at radius 1 is 1.24 bits per heavy atom. The number of hydrogen-bond acceptors (Lipinski definition) is 4. The standard InChI is InChI=1S/C15H17NO5/c1-2-10-21-15(20)16-12-7-4-3-6-11(12)13(17)8-5-9-14(18)19/h2-4,6-7H,1,5,8-10H2,(H,16,20)(H,18,19). The molecule has 0 saturated carbocycles. The van der Waals surface area contributed by atoms with Crippen LogP contribution in [0.2, 0.25) is 0 Å². The van der Waals surface area contributed by atoms with E-state index in [0.717, 1.165) is 0 Å². The molecule has 0 fully saturated rings. The van der Waals surface area contributed by atoms with Gasteiger partial charge in [-0.3, -0.25) is 14.9 Å². The van der Waals surface area contributed by atoms with Crippen LogP contribution >= 0.6 is 0 Å². The van der Waals surface area contributed by atoms with Crippen molar-refractivity contribution >= 4 is 23.5 Å². The van der Waals surface area contributed by atoms with Crippen molar-refractivity contribution in [2.75, 3.05) is 11.9 Å². The second-order valence-corrected chi connectivity index (χ2v) is 4.23. The lowest BCUT2D eigenvalue weighted by Crippen LogP contribution is -2.16. The van der Waals surface area contributed by atoms with Crippen LogP contribution in [-0.2, 0) is 9.53 Å². The van der Waals surface area contributed by atoms with Gasteiger partial charge < -0.3 is 9.84 Å². The SMILES string of the molecule is C=CCOC(=O)Nc1ccccc1C(=O)CCCC(=O)O. The molecule has 0 unspecified atom stereocenters.